The molecule has 0 saturated carbocycles. The monoisotopic (exact) mass is 379 g/mol. The normalized spacial score (nSPS) is 18.5. The zero-order chi connectivity index (χ0) is 19.9. The smallest absolute Gasteiger partial charge is 0.341 e. The van der Waals surface area contributed by atoms with Gasteiger partial charge in [-0.25, -0.2) is 4.79 Å². The molecule has 2 amide bonds. The Labute approximate surface area is 154 Å². The Balaban J connectivity index is 1.85. The van der Waals surface area contributed by atoms with E-state index < -0.39 is 28.6 Å². The van der Waals surface area contributed by atoms with Crippen LogP contribution in [-0.2, 0) is 11.5 Å². The Bertz CT molecular complexity index is 858. The van der Waals surface area contributed by atoms with Gasteiger partial charge in [0.25, 0.3) is 5.91 Å². The molecule has 0 atom stereocenters. The number of pyridine rings is 1. The molecule has 0 aliphatic carbocycles. The van der Waals surface area contributed by atoms with Gasteiger partial charge in [0.1, 0.15) is 5.56 Å². The van der Waals surface area contributed by atoms with Crippen LogP contribution in [0.3, 0.4) is 0 Å². The molecule has 0 aromatic carbocycles. The van der Waals surface area contributed by atoms with Crippen LogP contribution in [0.15, 0.2) is 11.0 Å². The summed E-state index contributed by atoms with van der Waals surface area (Å²) in [4.78, 5) is 52.1. The Morgan fingerprint density at radius 2 is 1.74 bits per heavy atom. The van der Waals surface area contributed by atoms with E-state index in [1.54, 1.807) is 4.90 Å². The highest BCUT2D eigenvalue weighted by atomic mass is 16.4. The van der Waals surface area contributed by atoms with Gasteiger partial charge in [-0.1, -0.05) is 0 Å². The van der Waals surface area contributed by atoms with E-state index in [2.05, 4.69) is 4.90 Å². The fourth-order valence-corrected chi connectivity index (χ4v) is 3.16. The molecule has 146 valence electrons. The lowest BCUT2D eigenvalue weighted by molar-refractivity contribution is -0.139. The summed E-state index contributed by atoms with van der Waals surface area (Å²) in [7, 11) is 3.40. The fraction of sp³-hybridized carbons (Fsp3) is 0.500. The number of aromatic hydroxyl groups is 1. The quantitative estimate of drug-likeness (QED) is 0.636. The van der Waals surface area contributed by atoms with Crippen molar-refractivity contribution >= 4 is 17.8 Å². The molecule has 2 aliphatic heterocycles. The van der Waals surface area contributed by atoms with Gasteiger partial charge >= 0.3 is 5.97 Å². The molecule has 1 saturated heterocycles. The average molecular weight is 379 g/mol. The maximum atomic E-state index is 12.6. The number of carboxylic acid groups (broad SMARTS) is 1. The van der Waals surface area contributed by atoms with Crippen LogP contribution >= 0.6 is 0 Å². The number of carboxylic acids is 1. The highest BCUT2D eigenvalue weighted by molar-refractivity contribution is 5.97. The number of nitrogens with zero attached hydrogens (tertiary/aromatic N) is 5. The Morgan fingerprint density at radius 1 is 1.11 bits per heavy atom. The highest BCUT2D eigenvalue weighted by Crippen LogP contribution is 2.22. The number of aromatic carboxylic acids is 1. The van der Waals surface area contributed by atoms with E-state index in [4.69, 9.17) is 5.11 Å². The third kappa shape index (κ3) is 3.38. The molecule has 0 bridgehead atoms. The molecule has 0 radical (unpaired) electrons. The van der Waals surface area contributed by atoms with Crippen molar-refractivity contribution in [2.75, 3.05) is 46.8 Å². The van der Waals surface area contributed by atoms with Crippen molar-refractivity contribution in [1.82, 2.24) is 24.4 Å². The van der Waals surface area contributed by atoms with Crippen LogP contribution in [-0.4, -0.2) is 99.2 Å². The summed E-state index contributed by atoms with van der Waals surface area (Å²) in [6.07, 6.45) is 1.01. The van der Waals surface area contributed by atoms with Crippen molar-refractivity contribution in [2.24, 2.45) is 0 Å². The van der Waals surface area contributed by atoms with Gasteiger partial charge in [-0.3, -0.25) is 19.4 Å². The molecule has 1 aromatic rings. The zero-order valence-corrected chi connectivity index (χ0v) is 15.1. The summed E-state index contributed by atoms with van der Waals surface area (Å²) < 4.78 is 1.18. The van der Waals surface area contributed by atoms with Crippen molar-refractivity contribution in [3.8, 4) is 5.75 Å². The summed E-state index contributed by atoms with van der Waals surface area (Å²) in [5, 5.41) is 21.7. The first kappa shape index (κ1) is 18.9. The van der Waals surface area contributed by atoms with Gasteiger partial charge in [0.2, 0.25) is 11.3 Å². The second-order valence-corrected chi connectivity index (χ2v) is 6.66. The molecular weight excluding hydrogens is 358 g/mol. The predicted molar refractivity (Wildman–Crippen MR) is 92.2 cm³/mol. The minimum absolute atomic E-state index is 0.0504. The summed E-state index contributed by atoms with van der Waals surface area (Å²) in [5.41, 5.74) is -2.05. The Kier molecular flexibility index (Phi) is 4.89. The first-order valence-electron chi connectivity index (χ1n) is 8.39. The number of hydrogen-bond acceptors (Lipinski definition) is 7. The number of rotatable bonds is 3. The minimum atomic E-state index is -1.50. The topological polar surface area (TPSA) is 127 Å². The van der Waals surface area contributed by atoms with Crippen LogP contribution in [0.4, 0.5) is 0 Å². The van der Waals surface area contributed by atoms with Gasteiger partial charge in [0, 0.05) is 39.4 Å². The number of piperazine rings is 1. The third-order valence-corrected chi connectivity index (χ3v) is 4.90. The maximum absolute atomic E-state index is 12.6. The lowest BCUT2D eigenvalue weighted by Crippen LogP contribution is -2.56. The molecule has 0 unspecified atom stereocenters. The second kappa shape index (κ2) is 7.00. The van der Waals surface area contributed by atoms with Crippen LogP contribution in [0.5, 0.6) is 5.75 Å². The van der Waals surface area contributed by atoms with Crippen molar-refractivity contribution in [3.63, 3.8) is 0 Å². The fourth-order valence-electron chi connectivity index (χ4n) is 3.16. The van der Waals surface area contributed by atoms with Crippen molar-refractivity contribution in [3.05, 3.63) is 27.7 Å². The van der Waals surface area contributed by atoms with Crippen LogP contribution in [0.1, 0.15) is 20.8 Å². The predicted octanol–water partition coefficient (Wildman–Crippen LogP) is -1.71. The van der Waals surface area contributed by atoms with Gasteiger partial charge in [-0.05, 0) is 7.05 Å². The highest BCUT2D eigenvalue weighted by Gasteiger charge is 2.34. The van der Waals surface area contributed by atoms with Crippen LogP contribution in [0.25, 0.3) is 0 Å². The molecule has 27 heavy (non-hydrogen) atoms. The molecular formula is C16H21N5O6. The second-order valence-electron chi connectivity index (χ2n) is 6.66. The molecule has 3 rings (SSSR count). The largest absolute Gasteiger partial charge is 0.503 e. The average Bonchev–Trinajstić information content (AvgIpc) is 2.62. The molecule has 2 aliphatic rings. The zero-order valence-electron chi connectivity index (χ0n) is 15.1. The summed E-state index contributed by atoms with van der Waals surface area (Å²) in [6, 6.07) is 0. The lowest BCUT2D eigenvalue weighted by atomic mass is 10.2. The van der Waals surface area contributed by atoms with E-state index in [-0.39, 0.29) is 24.8 Å². The summed E-state index contributed by atoms with van der Waals surface area (Å²) in [5.74, 6) is -3.26. The summed E-state index contributed by atoms with van der Waals surface area (Å²) in [6.45, 7) is 2.58. The number of likely N-dealkylation sites (N-methyl/N-ethyl adjacent to an activating group) is 1. The molecule has 1 aromatic heterocycles. The Morgan fingerprint density at radius 3 is 2.33 bits per heavy atom. The lowest BCUT2D eigenvalue weighted by Gasteiger charge is -2.39. The van der Waals surface area contributed by atoms with Gasteiger partial charge in [0.05, 0.1) is 13.2 Å². The molecule has 2 N–H and O–H groups in total. The number of hydrogen-bond donors (Lipinski definition) is 2. The number of aromatic nitrogens is 1. The number of amides is 2. The first-order chi connectivity index (χ1) is 12.7. The first-order valence-corrected chi connectivity index (χ1v) is 8.39. The number of fused-ring (bicyclic) bond motifs is 1. The number of hydrazine groups is 1. The molecule has 11 heteroatoms. The van der Waals surface area contributed by atoms with Gasteiger partial charge < -0.3 is 24.6 Å². The molecule has 0 spiro atoms. The van der Waals surface area contributed by atoms with Crippen molar-refractivity contribution in [1.29, 1.82) is 0 Å². The van der Waals surface area contributed by atoms with Crippen LogP contribution in [0, 0.1) is 0 Å². The van der Waals surface area contributed by atoms with E-state index in [9.17, 15) is 24.3 Å². The van der Waals surface area contributed by atoms with Crippen molar-refractivity contribution < 1.29 is 24.6 Å². The molecule has 1 fully saturated rings. The standard InChI is InChI=1S/C16H21N5O6/c1-17-3-5-19(6-4-17)11(22)8-21-9-20-7-10(16(26)27)13(23)14(24)12(20)15(25)18(21)2/h7,24H,3-6,8-9H2,1-2H3,(H,26,27). The van der Waals surface area contributed by atoms with E-state index >= 15 is 0 Å². The van der Waals surface area contributed by atoms with E-state index in [0.717, 1.165) is 24.3 Å². The van der Waals surface area contributed by atoms with E-state index in [0.29, 0.717) is 13.1 Å². The number of carbonyl (C=O) groups is 3. The van der Waals surface area contributed by atoms with E-state index in [1.807, 2.05) is 7.05 Å². The SMILES string of the molecule is CN1CCN(C(=O)CN2Cn3cc(C(=O)O)c(=O)c(O)c3C(=O)N2C)CC1. The Hall–Kier alpha value is -2.92. The minimum Gasteiger partial charge on any atom is -0.503 e. The summed E-state index contributed by atoms with van der Waals surface area (Å²) >= 11 is 0. The van der Waals surface area contributed by atoms with Gasteiger partial charge in [-0.15, -0.1) is 0 Å². The van der Waals surface area contributed by atoms with Crippen LogP contribution < -0.4 is 5.43 Å². The number of carbonyl (C=O) groups excluding carboxylic acids is 2. The van der Waals surface area contributed by atoms with Crippen LogP contribution in [0.2, 0.25) is 0 Å². The van der Waals surface area contributed by atoms with Gasteiger partial charge in [-0.2, -0.15) is 5.01 Å². The third-order valence-electron chi connectivity index (χ3n) is 4.90. The van der Waals surface area contributed by atoms with E-state index in [1.165, 1.54) is 16.6 Å². The molecule has 3 heterocycles. The van der Waals surface area contributed by atoms with Gasteiger partial charge in [0.15, 0.2) is 11.4 Å². The molecule has 11 nitrogen and oxygen atoms in total. The maximum Gasteiger partial charge on any atom is 0.341 e. The van der Waals surface area contributed by atoms with Crippen molar-refractivity contribution in [2.45, 2.75) is 6.67 Å².